The van der Waals surface area contributed by atoms with Crippen LogP contribution in [-0.2, 0) is 14.8 Å². The molecule has 2 aromatic rings. The molecule has 0 saturated carbocycles. The van der Waals surface area contributed by atoms with Crippen molar-refractivity contribution >= 4 is 43.3 Å². The van der Waals surface area contributed by atoms with Gasteiger partial charge in [-0.25, -0.2) is 13.8 Å². The third-order valence-electron chi connectivity index (χ3n) is 3.73. The van der Waals surface area contributed by atoms with Crippen LogP contribution in [0.15, 0.2) is 58.1 Å². The minimum atomic E-state index is -3.63. The van der Waals surface area contributed by atoms with Crippen LogP contribution in [-0.4, -0.2) is 39.4 Å². The fraction of sp³-hybridized carbons (Fsp3) is 0.263. The maximum absolute atomic E-state index is 12.3. The Kier molecular flexibility index (Phi) is 7.59. The molecular formula is C19H22BrN3O4S. The first-order chi connectivity index (χ1) is 13.2. The second-order valence-corrected chi connectivity index (χ2v) is 8.76. The molecule has 0 heterocycles. The van der Waals surface area contributed by atoms with Gasteiger partial charge in [0.15, 0.2) is 0 Å². The van der Waals surface area contributed by atoms with E-state index in [1.165, 1.54) is 0 Å². The van der Waals surface area contributed by atoms with Crippen molar-refractivity contribution < 1.29 is 17.9 Å². The maximum Gasteiger partial charge on any atom is 0.260 e. The second-order valence-electron chi connectivity index (χ2n) is 5.94. The second kappa shape index (κ2) is 9.70. The number of carbonyl (C=O) groups excluding carboxylic acids is 1. The first-order valence-electron chi connectivity index (χ1n) is 8.50. The minimum absolute atomic E-state index is 0.374. The number of hydrogen-bond acceptors (Lipinski definition) is 5. The van der Waals surface area contributed by atoms with E-state index >= 15 is 0 Å². The van der Waals surface area contributed by atoms with Gasteiger partial charge in [-0.1, -0.05) is 15.9 Å². The van der Waals surface area contributed by atoms with Crippen LogP contribution in [0.25, 0.3) is 0 Å². The summed E-state index contributed by atoms with van der Waals surface area (Å²) in [6.07, 6.45) is 1.05. The summed E-state index contributed by atoms with van der Waals surface area (Å²) in [6, 6.07) is 14.0. The van der Waals surface area contributed by atoms with Crippen LogP contribution in [0.3, 0.4) is 0 Å². The zero-order valence-corrected chi connectivity index (χ0v) is 18.2. The van der Waals surface area contributed by atoms with E-state index in [1.54, 1.807) is 31.2 Å². The Morgan fingerprint density at radius 2 is 1.75 bits per heavy atom. The largest absolute Gasteiger partial charge is 0.494 e. The topological polar surface area (TPSA) is 88.1 Å². The van der Waals surface area contributed by atoms with Crippen molar-refractivity contribution in [3.8, 4) is 5.75 Å². The van der Waals surface area contributed by atoms with Gasteiger partial charge >= 0.3 is 0 Å². The number of carbonyl (C=O) groups is 1. The normalized spacial score (nSPS) is 11.8. The number of anilines is 1. The highest BCUT2D eigenvalue weighted by atomic mass is 79.9. The molecular weight excluding hydrogens is 446 g/mol. The van der Waals surface area contributed by atoms with Gasteiger partial charge in [0.05, 0.1) is 24.3 Å². The molecule has 1 N–H and O–H groups in total. The fourth-order valence-electron chi connectivity index (χ4n) is 2.34. The molecule has 0 bridgehead atoms. The smallest absolute Gasteiger partial charge is 0.260 e. The van der Waals surface area contributed by atoms with Crippen molar-refractivity contribution in [3.63, 3.8) is 0 Å². The summed E-state index contributed by atoms with van der Waals surface area (Å²) in [5.41, 5.74) is 4.21. The highest BCUT2D eigenvalue weighted by molar-refractivity contribution is 9.10. The number of nitrogens with one attached hydrogen (secondary N) is 1. The molecule has 0 saturated heterocycles. The number of hydrazone groups is 1. The van der Waals surface area contributed by atoms with Gasteiger partial charge in [-0.05, 0) is 67.9 Å². The molecule has 0 aliphatic rings. The highest BCUT2D eigenvalue weighted by Gasteiger charge is 2.20. The quantitative estimate of drug-likeness (QED) is 0.476. The molecule has 0 unspecified atom stereocenters. The van der Waals surface area contributed by atoms with E-state index in [1.807, 2.05) is 31.2 Å². The van der Waals surface area contributed by atoms with E-state index < -0.39 is 15.9 Å². The summed E-state index contributed by atoms with van der Waals surface area (Å²) in [6.45, 7) is 3.86. The number of sulfonamides is 1. The average molecular weight is 468 g/mol. The van der Waals surface area contributed by atoms with E-state index in [0.717, 1.165) is 26.3 Å². The number of halogens is 1. The highest BCUT2D eigenvalue weighted by Crippen LogP contribution is 2.20. The lowest BCUT2D eigenvalue weighted by atomic mass is 10.1. The first kappa shape index (κ1) is 21.9. The van der Waals surface area contributed by atoms with Crippen LogP contribution >= 0.6 is 15.9 Å². The van der Waals surface area contributed by atoms with Gasteiger partial charge in [0.2, 0.25) is 10.0 Å². The predicted molar refractivity (Wildman–Crippen MR) is 114 cm³/mol. The van der Waals surface area contributed by atoms with Gasteiger partial charge in [0.25, 0.3) is 5.91 Å². The van der Waals surface area contributed by atoms with Crippen molar-refractivity contribution in [1.82, 2.24) is 5.43 Å². The molecule has 150 valence electrons. The summed E-state index contributed by atoms with van der Waals surface area (Å²) in [5.74, 6) is 0.208. The lowest BCUT2D eigenvalue weighted by molar-refractivity contribution is -0.119. The lowest BCUT2D eigenvalue weighted by Gasteiger charge is -2.21. The average Bonchev–Trinajstić information content (AvgIpc) is 2.65. The van der Waals surface area contributed by atoms with E-state index in [0.29, 0.717) is 18.0 Å². The van der Waals surface area contributed by atoms with E-state index in [-0.39, 0.29) is 6.54 Å². The number of nitrogens with zero attached hydrogens (tertiary/aromatic N) is 2. The van der Waals surface area contributed by atoms with Gasteiger partial charge in [-0.2, -0.15) is 5.10 Å². The Morgan fingerprint density at radius 1 is 1.14 bits per heavy atom. The molecule has 0 spiro atoms. The van der Waals surface area contributed by atoms with Crippen molar-refractivity contribution in [2.45, 2.75) is 13.8 Å². The van der Waals surface area contributed by atoms with Crippen LogP contribution in [0.5, 0.6) is 5.75 Å². The molecule has 1 amide bonds. The molecule has 0 aliphatic carbocycles. The van der Waals surface area contributed by atoms with Gasteiger partial charge in [0.1, 0.15) is 12.3 Å². The van der Waals surface area contributed by atoms with Crippen LogP contribution in [0, 0.1) is 0 Å². The molecule has 2 aromatic carbocycles. The Hall–Kier alpha value is -2.39. The predicted octanol–water partition coefficient (Wildman–Crippen LogP) is 3.15. The summed E-state index contributed by atoms with van der Waals surface area (Å²) in [4.78, 5) is 12.3. The Bertz CT molecular complexity index is 942. The molecule has 0 aliphatic heterocycles. The zero-order chi connectivity index (χ0) is 20.7. The number of rotatable bonds is 8. The maximum atomic E-state index is 12.3. The van der Waals surface area contributed by atoms with E-state index in [2.05, 4.69) is 26.5 Å². The molecule has 0 fully saturated rings. The van der Waals surface area contributed by atoms with E-state index in [9.17, 15) is 13.2 Å². The fourth-order valence-corrected chi connectivity index (χ4v) is 3.46. The SMILES string of the molecule is CCOc1ccc(/C(C)=N\NC(=O)CN(c2ccc(Br)cc2)S(C)(=O)=O)cc1. The zero-order valence-electron chi connectivity index (χ0n) is 15.8. The third kappa shape index (κ3) is 6.35. The standard InChI is InChI=1S/C19H22BrN3O4S/c1-4-27-18-11-5-15(6-12-18)14(2)21-22-19(24)13-23(28(3,25)26)17-9-7-16(20)8-10-17/h5-12H,4,13H2,1-3H3,(H,22,24)/b21-14-. The molecule has 0 aromatic heterocycles. The Morgan fingerprint density at radius 3 is 2.29 bits per heavy atom. The molecule has 9 heteroatoms. The number of amides is 1. The van der Waals surface area contributed by atoms with Crippen molar-refractivity contribution in [2.75, 3.05) is 23.7 Å². The molecule has 2 rings (SSSR count). The summed E-state index contributed by atoms with van der Waals surface area (Å²) in [5, 5.41) is 4.06. The third-order valence-corrected chi connectivity index (χ3v) is 5.40. The van der Waals surface area contributed by atoms with Crippen molar-refractivity contribution in [3.05, 3.63) is 58.6 Å². The number of benzene rings is 2. The number of ether oxygens (including phenoxy) is 1. The van der Waals surface area contributed by atoms with Crippen LogP contribution in [0.2, 0.25) is 0 Å². The van der Waals surface area contributed by atoms with Crippen molar-refractivity contribution in [2.24, 2.45) is 5.10 Å². The van der Waals surface area contributed by atoms with Crippen LogP contribution in [0.1, 0.15) is 19.4 Å². The monoisotopic (exact) mass is 467 g/mol. The van der Waals surface area contributed by atoms with Crippen molar-refractivity contribution in [1.29, 1.82) is 0 Å². The van der Waals surface area contributed by atoms with Crippen LogP contribution < -0.4 is 14.5 Å². The Balaban J connectivity index is 2.07. The molecule has 7 nitrogen and oxygen atoms in total. The minimum Gasteiger partial charge on any atom is -0.494 e. The Labute approximate surface area is 173 Å². The summed E-state index contributed by atoms with van der Waals surface area (Å²) >= 11 is 3.30. The van der Waals surface area contributed by atoms with Gasteiger partial charge in [0, 0.05) is 4.47 Å². The molecule has 0 radical (unpaired) electrons. The molecule has 0 atom stereocenters. The van der Waals surface area contributed by atoms with E-state index in [4.69, 9.17) is 4.74 Å². The first-order valence-corrected chi connectivity index (χ1v) is 11.1. The summed E-state index contributed by atoms with van der Waals surface area (Å²) in [7, 11) is -3.63. The van der Waals surface area contributed by atoms with Gasteiger partial charge < -0.3 is 4.74 Å². The lowest BCUT2D eigenvalue weighted by Crippen LogP contribution is -2.39. The van der Waals surface area contributed by atoms with Crippen LogP contribution in [0.4, 0.5) is 5.69 Å². The number of hydrogen-bond donors (Lipinski definition) is 1. The van der Waals surface area contributed by atoms with Gasteiger partial charge in [-0.3, -0.25) is 9.10 Å². The summed E-state index contributed by atoms with van der Waals surface area (Å²) < 4.78 is 31.4. The molecule has 28 heavy (non-hydrogen) atoms. The van der Waals surface area contributed by atoms with Gasteiger partial charge in [-0.15, -0.1) is 0 Å².